The first-order chi connectivity index (χ1) is 10.7. The molecule has 0 amide bonds. The Bertz CT molecular complexity index is 648. The van der Waals surface area contributed by atoms with E-state index in [1.807, 2.05) is 12.1 Å². The number of hydrogen-bond acceptors (Lipinski definition) is 5. The highest BCUT2D eigenvalue weighted by atomic mass is 32.1. The van der Waals surface area contributed by atoms with Gasteiger partial charge in [-0.25, -0.2) is 4.39 Å². The molecular weight excluding hydrogens is 299 g/mol. The van der Waals surface area contributed by atoms with Gasteiger partial charge in [0.25, 0.3) is 0 Å². The van der Waals surface area contributed by atoms with Gasteiger partial charge in [0.2, 0.25) is 5.13 Å². The highest BCUT2D eigenvalue weighted by Gasteiger charge is 2.41. The van der Waals surface area contributed by atoms with Crippen molar-refractivity contribution in [3.05, 3.63) is 40.7 Å². The van der Waals surface area contributed by atoms with Gasteiger partial charge in [0.15, 0.2) is 0 Å². The van der Waals surface area contributed by atoms with Crippen LogP contribution < -0.4 is 10.2 Å². The van der Waals surface area contributed by atoms with E-state index in [1.54, 1.807) is 11.3 Å². The minimum absolute atomic E-state index is 0.200. The van der Waals surface area contributed by atoms with E-state index in [2.05, 4.69) is 20.4 Å². The molecule has 1 N–H and O–H groups in total. The summed E-state index contributed by atoms with van der Waals surface area (Å²) in [6, 6.07) is 6.61. The first kappa shape index (κ1) is 14.1. The van der Waals surface area contributed by atoms with Crippen molar-refractivity contribution in [3.8, 4) is 0 Å². The number of nitrogens with one attached hydrogen (secondary N) is 1. The number of anilines is 1. The molecule has 1 aromatic heterocycles. The van der Waals surface area contributed by atoms with Crippen LogP contribution >= 0.6 is 11.3 Å². The van der Waals surface area contributed by atoms with Crippen LogP contribution in [-0.2, 0) is 6.42 Å². The van der Waals surface area contributed by atoms with Crippen LogP contribution in [0.25, 0.3) is 0 Å². The lowest BCUT2D eigenvalue weighted by Gasteiger charge is -2.21. The minimum Gasteiger partial charge on any atom is -0.346 e. The molecule has 2 aliphatic rings. The zero-order valence-corrected chi connectivity index (χ0v) is 13.2. The lowest BCUT2D eigenvalue weighted by atomic mass is 9.87. The molecule has 1 aromatic carbocycles. The van der Waals surface area contributed by atoms with Crippen molar-refractivity contribution in [1.29, 1.82) is 0 Å². The third-order valence-electron chi connectivity index (χ3n) is 4.77. The van der Waals surface area contributed by atoms with Gasteiger partial charge in [0.05, 0.1) is 0 Å². The van der Waals surface area contributed by atoms with Crippen molar-refractivity contribution in [2.24, 2.45) is 5.41 Å². The second-order valence-corrected chi connectivity index (χ2v) is 7.42. The second-order valence-electron chi connectivity index (χ2n) is 6.38. The highest BCUT2D eigenvalue weighted by molar-refractivity contribution is 7.15. The molecule has 4 rings (SSSR count). The maximum Gasteiger partial charge on any atom is 0.208 e. The molecule has 22 heavy (non-hydrogen) atoms. The SMILES string of the molecule is Fc1ccc(Cc2nnc(N3CCC4(CCNC4)C3)s2)cc1. The average Bonchev–Trinajstić information content (AvgIpc) is 3.24. The van der Waals surface area contributed by atoms with E-state index in [4.69, 9.17) is 0 Å². The fourth-order valence-corrected chi connectivity index (χ4v) is 4.36. The summed E-state index contributed by atoms with van der Waals surface area (Å²) in [5.74, 6) is -0.200. The number of halogens is 1. The lowest BCUT2D eigenvalue weighted by molar-refractivity contribution is 0.369. The molecule has 2 aliphatic heterocycles. The maximum absolute atomic E-state index is 12.9. The fraction of sp³-hybridized carbons (Fsp3) is 0.500. The first-order valence-electron chi connectivity index (χ1n) is 7.75. The summed E-state index contributed by atoms with van der Waals surface area (Å²) in [6.45, 7) is 4.43. The Balaban J connectivity index is 1.44. The van der Waals surface area contributed by atoms with Gasteiger partial charge in [-0.15, -0.1) is 10.2 Å². The maximum atomic E-state index is 12.9. The molecular formula is C16H19FN4S. The molecule has 2 saturated heterocycles. The van der Waals surface area contributed by atoms with Gasteiger partial charge in [0.1, 0.15) is 10.8 Å². The zero-order chi connectivity index (χ0) is 15.0. The molecule has 1 unspecified atom stereocenters. The number of nitrogens with zero attached hydrogens (tertiary/aromatic N) is 3. The van der Waals surface area contributed by atoms with E-state index in [9.17, 15) is 4.39 Å². The predicted molar refractivity (Wildman–Crippen MR) is 85.9 cm³/mol. The highest BCUT2D eigenvalue weighted by Crippen LogP contribution is 2.38. The third kappa shape index (κ3) is 2.73. The van der Waals surface area contributed by atoms with Crippen molar-refractivity contribution < 1.29 is 4.39 Å². The average molecular weight is 318 g/mol. The Morgan fingerprint density at radius 3 is 2.86 bits per heavy atom. The molecule has 6 heteroatoms. The van der Waals surface area contributed by atoms with Gasteiger partial charge in [-0.1, -0.05) is 23.5 Å². The minimum atomic E-state index is -0.200. The summed E-state index contributed by atoms with van der Waals surface area (Å²) in [5.41, 5.74) is 1.52. The molecule has 1 spiro atoms. The molecule has 1 atom stereocenters. The third-order valence-corrected chi connectivity index (χ3v) is 5.75. The van der Waals surface area contributed by atoms with Crippen LogP contribution in [-0.4, -0.2) is 36.4 Å². The van der Waals surface area contributed by atoms with E-state index < -0.39 is 0 Å². The monoisotopic (exact) mass is 318 g/mol. The summed E-state index contributed by atoms with van der Waals surface area (Å²) >= 11 is 1.66. The van der Waals surface area contributed by atoms with Crippen LogP contribution in [0.3, 0.4) is 0 Å². The lowest BCUT2D eigenvalue weighted by Crippen LogP contribution is -2.29. The summed E-state index contributed by atoms with van der Waals surface area (Å²) in [6.07, 6.45) is 3.23. The van der Waals surface area contributed by atoms with Crippen molar-refractivity contribution in [1.82, 2.24) is 15.5 Å². The second kappa shape index (κ2) is 5.59. The summed E-state index contributed by atoms with van der Waals surface area (Å²) < 4.78 is 12.9. The Hall–Kier alpha value is -1.53. The van der Waals surface area contributed by atoms with Gasteiger partial charge in [-0.05, 0) is 37.1 Å². The van der Waals surface area contributed by atoms with E-state index in [1.165, 1.54) is 25.0 Å². The number of hydrogen-bond donors (Lipinski definition) is 1. The molecule has 0 radical (unpaired) electrons. The number of benzene rings is 1. The summed E-state index contributed by atoms with van der Waals surface area (Å²) in [7, 11) is 0. The smallest absolute Gasteiger partial charge is 0.208 e. The topological polar surface area (TPSA) is 41.1 Å². The van der Waals surface area contributed by atoms with Gasteiger partial charge in [-0.3, -0.25) is 0 Å². The van der Waals surface area contributed by atoms with Gasteiger partial charge in [-0.2, -0.15) is 0 Å². The van der Waals surface area contributed by atoms with Crippen molar-refractivity contribution in [2.45, 2.75) is 19.3 Å². The molecule has 0 bridgehead atoms. The summed E-state index contributed by atoms with van der Waals surface area (Å²) in [5, 5.41) is 14.2. The molecule has 3 heterocycles. The van der Waals surface area contributed by atoms with Crippen LogP contribution in [0.5, 0.6) is 0 Å². The quantitative estimate of drug-likeness (QED) is 0.944. The molecule has 0 aliphatic carbocycles. The Kier molecular flexibility index (Phi) is 3.58. The van der Waals surface area contributed by atoms with Gasteiger partial charge >= 0.3 is 0 Å². The Morgan fingerprint density at radius 1 is 1.23 bits per heavy atom. The van der Waals surface area contributed by atoms with E-state index in [0.29, 0.717) is 5.41 Å². The predicted octanol–water partition coefficient (Wildman–Crippen LogP) is 2.46. The molecule has 2 aromatic rings. The van der Waals surface area contributed by atoms with Crippen LogP contribution in [0.2, 0.25) is 0 Å². The van der Waals surface area contributed by atoms with Crippen molar-refractivity contribution in [3.63, 3.8) is 0 Å². The standard InChI is InChI=1S/C16H19FN4S/c17-13-3-1-12(2-4-13)9-14-19-20-15(22-14)21-8-6-16(11-21)5-7-18-10-16/h1-4,18H,5-11H2. The van der Waals surface area contributed by atoms with E-state index >= 15 is 0 Å². The zero-order valence-electron chi connectivity index (χ0n) is 12.4. The van der Waals surface area contributed by atoms with Gasteiger partial charge < -0.3 is 10.2 Å². The normalized spacial score (nSPS) is 24.5. The van der Waals surface area contributed by atoms with E-state index in [0.717, 1.165) is 48.3 Å². The molecule has 0 saturated carbocycles. The number of aromatic nitrogens is 2. The van der Waals surface area contributed by atoms with Crippen LogP contribution in [0, 0.1) is 11.2 Å². The fourth-order valence-electron chi connectivity index (χ4n) is 3.46. The van der Waals surface area contributed by atoms with Crippen molar-refractivity contribution in [2.75, 3.05) is 31.1 Å². The summed E-state index contributed by atoms with van der Waals surface area (Å²) in [4.78, 5) is 2.37. The molecule has 116 valence electrons. The molecule has 4 nitrogen and oxygen atoms in total. The van der Waals surface area contributed by atoms with E-state index in [-0.39, 0.29) is 5.82 Å². The van der Waals surface area contributed by atoms with Gasteiger partial charge in [0, 0.05) is 31.5 Å². The number of rotatable bonds is 3. The van der Waals surface area contributed by atoms with Crippen LogP contribution in [0.15, 0.2) is 24.3 Å². The van der Waals surface area contributed by atoms with Crippen LogP contribution in [0.4, 0.5) is 9.52 Å². The first-order valence-corrected chi connectivity index (χ1v) is 8.57. The van der Waals surface area contributed by atoms with Crippen molar-refractivity contribution >= 4 is 16.5 Å². The Morgan fingerprint density at radius 2 is 2.09 bits per heavy atom. The largest absolute Gasteiger partial charge is 0.346 e. The van der Waals surface area contributed by atoms with Crippen LogP contribution in [0.1, 0.15) is 23.4 Å². The molecule has 2 fully saturated rings. The Labute approximate surface area is 133 Å².